The molecule has 0 aliphatic rings. The summed E-state index contributed by atoms with van der Waals surface area (Å²) < 4.78 is 0. The highest BCUT2D eigenvalue weighted by Crippen LogP contribution is 2.50. The molecule has 0 fully saturated rings. The first-order valence-corrected chi connectivity index (χ1v) is 8.11. The maximum atomic E-state index is 11.5. The van der Waals surface area contributed by atoms with Crippen LogP contribution in [0.25, 0.3) is 0 Å². The van der Waals surface area contributed by atoms with Crippen molar-refractivity contribution in [3.05, 3.63) is 71.3 Å². The number of hydrogen-bond acceptors (Lipinski definition) is 2. The van der Waals surface area contributed by atoms with E-state index in [2.05, 4.69) is 0 Å². The summed E-state index contributed by atoms with van der Waals surface area (Å²) in [7, 11) is 0. The molecule has 2 atom stereocenters. The number of aldehydes is 1. The minimum atomic E-state index is -0.895. The van der Waals surface area contributed by atoms with E-state index in [0.717, 1.165) is 23.0 Å². The Bertz CT molecular complexity index is 706. The summed E-state index contributed by atoms with van der Waals surface area (Å²) in [6, 6.07) is 18.0. The van der Waals surface area contributed by atoms with E-state index >= 15 is 0 Å². The number of carboxylic acids is 1. The lowest BCUT2D eigenvalue weighted by atomic mass is 9.56. The Hall–Kier alpha value is -2.42. The van der Waals surface area contributed by atoms with E-state index in [4.69, 9.17) is 0 Å². The van der Waals surface area contributed by atoms with Gasteiger partial charge in [0.05, 0.1) is 6.42 Å². The van der Waals surface area contributed by atoms with Crippen LogP contribution in [-0.4, -0.2) is 17.4 Å². The monoisotopic (exact) mass is 324 g/mol. The summed E-state index contributed by atoms with van der Waals surface area (Å²) >= 11 is 0. The molecule has 0 aliphatic carbocycles. The van der Waals surface area contributed by atoms with Gasteiger partial charge in [0.1, 0.15) is 6.29 Å². The maximum Gasteiger partial charge on any atom is 0.303 e. The molecule has 0 amide bonds. The Kier molecular flexibility index (Phi) is 5.23. The van der Waals surface area contributed by atoms with E-state index in [-0.39, 0.29) is 12.8 Å². The summed E-state index contributed by atoms with van der Waals surface area (Å²) in [5.74, 6) is -0.895. The largest absolute Gasteiger partial charge is 0.481 e. The molecular weight excluding hydrogens is 300 g/mol. The zero-order chi connectivity index (χ0) is 17.8. The van der Waals surface area contributed by atoms with Gasteiger partial charge in [-0.1, -0.05) is 74.0 Å². The van der Waals surface area contributed by atoms with E-state index in [0.29, 0.717) is 0 Å². The average molecular weight is 324 g/mol. The van der Waals surface area contributed by atoms with Crippen molar-refractivity contribution in [3.8, 4) is 0 Å². The molecule has 0 heterocycles. The number of benzene rings is 2. The summed E-state index contributed by atoms with van der Waals surface area (Å²) in [6.45, 7) is 5.95. The predicted octanol–water partition coefficient (Wildman–Crippen LogP) is 4.37. The quantitative estimate of drug-likeness (QED) is 0.769. The number of carboxylic acid groups (broad SMARTS) is 1. The minimum absolute atomic E-state index is 0.0784. The molecule has 0 saturated carbocycles. The smallest absolute Gasteiger partial charge is 0.303 e. The van der Waals surface area contributed by atoms with E-state index in [1.165, 1.54) is 0 Å². The molecule has 0 spiro atoms. The molecule has 126 valence electrons. The molecule has 0 radical (unpaired) electrons. The molecule has 0 saturated heterocycles. The first kappa shape index (κ1) is 17.9. The Morgan fingerprint density at radius 1 is 1.00 bits per heavy atom. The van der Waals surface area contributed by atoms with Crippen LogP contribution in [0.15, 0.2) is 54.6 Å². The van der Waals surface area contributed by atoms with Crippen LogP contribution in [0, 0.1) is 12.3 Å². The number of carbonyl (C=O) groups is 2. The highest BCUT2D eigenvalue weighted by atomic mass is 16.4. The highest BCUT2D eigenvalue weighted by molar-refractivity contribution is 5.70. The molecule has 3 heteroatoms. The lowest BCUT2D eigenvalue weighted by Crippen LogP contribution is -2.44. The SMILES string of the molecule is Cc1ccc([C@@](C)(c2ccccc2)[C@](C)(CC=O)CC(=O)O)cc1. The maximum absolute atomic E-state index is 11.5. The second kappa shape index (κ2) is 7.00. The Morgan fingerprint density at radius 2 is 1.54 bits per heavy atom. The minimum Gasteiger partial charge on any atom is -0.481 e. The van der Waals surface area contributed by atoms with Crippen LogP contribution in [0.3, 0.4) is 0 Å². The molecule has 0 aliphatic heterocycles. The topological polar surface area (TPSA) is 54.4 Å². The second-order valence-corrected chi connectivity index (χ2v) is 6.86. The first-order valence-electron chi connectivity index (χ1n) is 8.11. The molecule has 3 nitrogen and oxygen atoms in total. The number of hydrogen-bond donors (Lipinski definition) is 1. The molecule has 2 aromatic carbocycles. The molecule has 24 heavy (non-hydrogen) atoms. The lowest BCUT2D eigenvalue weighted by molar-refractivity contribution is -0.140. The van der Waals surface area contributed by atoms with E-state index < -0.39 is 16.8 Å². The first-order chi connectivity index (χ1) is 11.3. The fourth-order valence-corrected chi connectivity index (χ4v) is 3.49. The van der Waals surface area contributed by atoms with Gasteiger partial charge in [0, 0.05) is 11.8 Å². The van der Waals surface area contributed by atoms with Gasteiger partial charge in [0.25, 0.3) is 0 Å². The van der Waals surface area contributed by atoms with Gasteiger partial charge in [-0.2, -0.15) is 0 Å². The number of aryl methyl sites for hydroxylation is 1. The van der Waals surface area contributed by atoms with Gasteiger partial charge in [-0.05, 0) is 23.5 Å². The Morgan fingerprint density at radius 3 is 2.04 bits per heavy atom. The summed E-state index contributed by atoms with van der Waals surface area (Å²) in [4.78, 5) is 22.9. The fourth-order valence-electron chi connectivity index (χ4n) is 3.49. The third-order valence-corrected chi connectivity index (χ3v) is 5.26. The molecule has 2 aromatic rings. The Labute approximate surface area is 143 Å². The number of rotatable bonds is 7. The molecule has 2 rings (SSSR count). The van der Waals surface area contributed by atoms with Crippen LogP contribution in [0.4, 0.5) is 0 Å². The van der Waals surface area contributed by atoms with Crippen molar-refractivity contribution in [1.82, 2.24) is 0 Å². The zero-order valence-corrected chi connectivity index (χ0v) is 14.5. The van der Waals surface area contributed by atoms with Crippen LogP contribution >= 0.6 is 0 Å². The van der Waals surface area contributed by atoms with Gasteiger partial charge in [0.2, 0.25) is 0 Å². The van der Waals surface area contributed by atoms with Crippen molar-refractivity contribution in [1.29, 1.82) is 0 Å². The highest BCUT2D eigenvalue weighted by Gasteiger charge is 2.47. The number of carbonyl (C=O) groups excluding carboxylic acids is 1. The molecular formula is C21H24O3. The molecule has 0 unspecified atom stereocenters. The van der Waals surface area contributed by atoms with E-state index in [1.54, 1.807) is 0 Å². The van der Waals surface area contributed by atoms with Crippen molar-refractivity contribution in [2.24, 2.45) is 5.41 Å². The van der Waals surface area contributed by atoms with Gasteiger partial charge in [0.15, 0.2) is 0 Å². The van der Waals surface area contributed by atoms with Crippen LogP contribution < -0.4 is 0 Å². The van der Waals surface area contributed by atoms with Crippen LogP contribution in [-0.2, 0) is 15.0 Å². The van der Waals surface area contributed by atoms with Crippen LogP contribution in [0.5, 0.6) is 0 Å². The fraction of sp³-hybridized carbons (Fsp3) is 0.333. The predicted molar refractivity (Wildman–Crippen MR) is 95.1 cm³/mol. The normalized spacial score (nSPS) is 16.0. The summed E-state index contributed by atoms with van der Waals surface area (Å²) in [5, 5.41) is 9.46. The van der Waals surface area contributed by atoms with Gasteiger partial charge < -0.3 is 9.90 Å². The van der Waals surface area contributed by atoms with E-state index in [1.807, 2.05) is 75.4 Å². The summed E-state index contributed by atoms with van der Waals surface area (Å²) in [6.07, 6.45) is 0.932. The third kappa shape index (κ3) is 3.25. The number of aliphatic carboxylic acids is 1. The zero-order valence-electron chi connectivity index (χ0n) is 14.5. The van der Waals surface area contributed by atoms with Crippen molar-refractivity contribution < 1.29 is 14.7 Å². The van der Waals surface area contributed by atoms with Crippen LogP contribution in [0.2, 0.25) is 0 Å². The van der Waals surface area contributed by atoms with Crippen molar-refractivity contribution >= 4 is 12.3 Å². The third-order valence-electron chi connectivity index (χ3n) is 5.26. The van der Waals surface area contributed by atoms with Crippen molar-refractivity contribution in [2.75, 3.05) is 0 Å². The molecule has 0 aromatic heterocycles. The van der Waals surface area contributed by atoms with Gasteiger partial charge >= 0.3 is 5.97 Å². The van der Waals surface area contributed by atoms with Gasteiger partial charge in [-0.15, -0.1) is 0 Å². The van der Waals surface area contributed by atoms with Gasteiger partial charge in [-0.3, -0.25) is 4.79 Å². The van der Waals surface area contributed by atoms with Gasteiger partial charge in [-0.25, -0.2) is 0 Å². The average Bonchev–Trinajstić information content (AvgIpc) is 2.55. The van der Waals surface area contributed by atoms with Crippen molar-refractivity contribution in [2.45, 2.75) is 39.0 Å². The van der Waals surface area contributed by atoms with Crippen LogP contribution in [0.1, 0.15) is 43.4 Å². The Balaban J connectivity index is 2.71. The molecule has 0 bridgehead atoms. The summed E-state index contributed by atoms with van der Waals surface area (Å²) in [5.41, 5.74) is 1.84. The standard InChI is InChI=1S/C21H24O3/c1-16-9-11-18(12-10-16)21(3,17-7-5-4-6-8-17)20(2,13-14-22)15-19(23)24/h4-12,14H,13,15H2,1-3H3,(H,23,24)/t20-,21-/m1/s1. The van der Waals surface area contributed by atoms with Crippen molar-refractivity contribution in [3.63, 3.8) is 0 Å². The molecule has 1 N–H and O–H groups in total. The van der Waals surface area contributed by atoms with E-state index in [9.17, 15) is 14.7 Å². The lowest BCUT2D eigenvalue weighted by Gasteiger charge is -2.46. The second-order valence-electron chi connectivity index (χ2n) is 6.86.